The molecule has 1 aromatic carbocycles. The molecule has 1 aliphatic heterocycles. The highest BCUT2D eigenvalue weighted by molar-refractivity contribution is 6.05. The quantitative estimate of drug-likeness (QED) is 0.622. The molecule has 150 valence electrons. The molecule has 0 fully saturated rings. The van der Waals surface area contributed by atoms with Crippen molar-refractivity contribution in [2.24, 2.45) is 4.99 Å². The van der Waals surface area contributed by atoms with Crippen LogP contribution in [0.4, 0.5) is 5.82 Å². The van der Waals surface area contributed by atoms with Crippen LogP contribution < -0.4 is 11.2 Å². The standard InChI is InChI=1S/C22H25N5O2/c1-3-10-26-20-18(21(28)27(11-4-2)22(26)29)12-19(24-20)17-13-23-25(15-17)14-16-8-6-5-7-9-16/h5-9,13,15H,3-4,10-12,14H2,1-2H3. The fraction of sp³-hybridized carbons (Fsp3) is 0.364. The van der Waals surface area contributed by atoms with Crippen molar-refractivity contribution < 1.29 is 0 Å². The summed E-state index contributed by atoms with van der Waals surface area (Å²) in [5.41, 5.74) is 2.97. The van der Waals surface area contributed by atoms with E-state index in [1.807, 2.05) is 42.9 Å². The van der Waals surface area contributed by atoms with E-state index in [0.717, 1.165) is 29.7 Å². The van der Waals surface area contributed by atoms with Crippen molar-refractivity contribution in [2.75, 3.05) is 0 Å². The van der Waals surface area contributed by atoms with E-state index in [0.29, 0.717) is 37.4 Å². The second-order valence-electron chi connectivity index (χ2n) is 7.34. The molecular weight excluding hydrogens is 366 g/mol. The lowest BCUT2D eigenvalue weighted by Crippen LogP contribution is -2.41. The van der Waals surface area contributed by atoms with Gasteiger partial charge in [-0.3, -0.25) is 18.6 Å². The van der Waals surface area contributed by atoms with Gasteiger partial charge in [0.25, 0.3) is 5.56 Å². The molecule has 0 radical (unpaired) electrons. The Kier molecular flexibility index (Phi) is 5.29. The van der Waals surface area contributed by atoms with E-state index in [2.05, 4.69) is 17.2 Å². The smallest absolute Gasteiger partial charge is 0.278 e. The number of hydrogen-bond donors (Lipinski definition) is 0. The van der Waals surface area contributed by atoms with Crippen molar-refractivity contribution >= 4 is 11.5 Å². The molecule has 0 bridgehead atoms. The minimum absolute atomic E-state index is 0.213. The molecule has 0 amide bonds. The van der Waals surface area contributed by atoms with E-state index in [9.17, 15) is 9.59 Å². The summed E-state index contributed by atoms with van der Waals surface area (Å²) in [7, 11) is 0. The summed E-state index contributed by atoms with van der Waals surface area (Å²) in [5.74, 6) is 0.514. The number of aliphatic imine (C=N–C) groups is 1. The maximum absolute atomic E-state index is 12.9. The molecule has 7 nitrogen and oxygen atoms in total. The van der Waals surface area contributed by atoms with Crippen LogP contribution in [0.2, 0.25) is 0 Å². The Morgan fingerprint density at radius 2 is 1.72 bits per heavy atom. The minimum Gasteiger partial charge on any atom is -0.278 e. The van der Waals surface area contributed by atoms with Crippen molar-refractivity contribution in [2.45, 2.75) is 52.7 Å². The van der Waals surface area contributed by atoms with Gasteiger partial charge in [-0.25, -0.2) is 9.79 Å². The van der Waals surface area contributed by atoms with Gasteiger partial charge in [0.2, 0.25) is 0 Å². The Hall–Kier alpha value is -3.22. The summed E-state index contributed by atoms with van der Waals surface area (Å²) in [6.45, 7) is 5.63. The van der Waals surface area contributed by atoms with Gasteiger partial charge in [0.1, 0.15) is 5.82 Å². The predicted octanol–water partition coefficient (Wildman–Crippen LogP) is 2.75. The van der Waals surface area contributed by atoms with Crippen LogP contribution in [0, 0.1) is 0 Å². The highest BCUT2D eigenvalue weighted by atomic mass is 16.2. The van der Waals surface area contributed by atoms with E-state index in [4.69, 9.17) is 4.99 Å². The Bertz CT molecular complexity index is 1170. The van der Waals surface area contributed by atoms with Crippen molar-refractivity contribution in [1.82, 2.24) is 18.9 Å². The normalized spacial score (nSPS) is 12.8. The fourth-order valence-corrected chi connectivity index (χ4v) is 3.74. The Morgan fingerprint density at radius 1 is 1.00 bits per heavy atom. The van der Waals surface area contributed by atoms with Crippen molar-refractivity contribution in [3.05, 3.63) is 80.3 Å². The highest BCUT2D eigenvalue weighted by Crippen LogP contribution is 2.25. The molecule has 29 heavy (non-hydrogen) atoms. The summed E-state index contributed by atoms with van der Waals surface area (Å²) >= 11 is 0. The lowest BCUT2D eigenvalue weighted by atomic mass is 10.1. The lowest BCUT2D eigenvalue weighted by Gasteiger charge is -2.12. The summed E-state index contributed by atoms with van der Waals surface area (Å²) < 4.78 is 4.87. The summed E-state index contributed by atoms with van der Waals surface area (Å²) in [6.07, 6.45) is 5.69. The van der Waals surface area contributed by atoms with Crippen LogP contribution in [0.15, 0.2) is 57.3 Å². The van der Waals surface area contributed by atoms with Crippen LogP contribution in [-0.2, 0) is 26.1 Å². The zero-order chi connectivity index (χ0) is 20.4. The third kappa shape index (κ3) is 3.60. The average Bonchev–Trinajstić information content (AvgIpc) is 3.37. The second-order valence-corrected chi connectivity index (χ2v) is 7.34. The molecule has 3 aromatic rings. The monoisotopic (exact) mass is 391 g/mol. The fourth-order valence-electron chi connectivity index (χ4n) is 3.74. The minimum atomic E-state index is -0.262. The third-order valence-corrected chi connectivity index (χ3v) is 5.12. The van der Waals surface area contributed by atoms with Gasteiger partial charge in [-0.15, -0.1) is 0 Å². The van der Waals surface area contributed by atoms with Gasteiger partial charge in [-0.1, -0.05) is 44.2 Å². The molecular formula is C22H25N5O2. The zero-order valence-electron chi connectivity index (χ0n) is 16.8. The molecule has 2 aromatic heterocycles. The predicted molar refractivity (Wildman–Crippen MR) is 113 cm³/mol. The first-order chi connectivity index (χ1) is 14.1. The van der Waals surface area contributed by atoms with E-state index in [-0.39, 0.29) is 11.2 Å². The van der Waals surface area contributed by atoms with E-state index in [1.165, 1.54) is 4.57 Å². The van der Waals surface area contributed by atoms with Gasteiger partial charge in [0.15, 0.2) is 0 Å². The van der Waals surface area contributed by atoms with Crippen LogP contribution in [0.3, 0.4) is 0 Å². The molecule has 4 rings (SSSR count). The number of hydrogen-bond acceptors (Lipinski definition) is 4. The van der Waals surface area contributed by atoms with E-state index in [1.54, 1.807) is 10.8 Å². The second kappa shape index (κ2) is 8.03. The molecule has 0 saturated carbocycles. The number of benzene rings is 1. The summed E-state index contributed by atoms with van der Waals surface area (Å²) in [6, 6.07) is 10.1. The van der Waals surface area contributed by atoms with Crippen molar-refractivity contribution in [3.63, 3.8) is 0 Å². The topological polar surface area (TPSA) is 74.2 Å². The van der Waals surface area contributed by atoms with Crippen LogP contribution in [0.1, 0.15) is 43.4 Å². The summed E-state index contributed by atoms with van der Waals surface area (Å²) in [5, 5.41) is 4.45. The largest absolute Gasteiger partial charge is 0.332 e. The third-order valence-electron chi connectivity index (χ3n) is 5.12. The molecule has 0 saturated heterocycles. The lowest BCUT2D eigenvalue weighted by molar-refractivity contribution is 0.540. The van der Waals surface area contributed by atoms with E-state index < -0.39 is 0 Å². The molecule has 3 heterocycles. The van der Waals surface area contributed by atoms with E-state index >= 15 is 0 Å². The molecule has 0 aliphatic carbocycles. The number of rotatable bonds is 7. The maximum Gasteiger partial charge on any atom is 0.332 e. The van der Waals surface area contributed by atoms with Gasteiger partial charge < -0.3 is 0 Å². The molecule has 0 atom stereocenters. The van der Waals surface area contributed by atoms with Crippen LogP contribution in [-0.4, -0.2) is 24.6 Å². The SMILES string of the molecule is CCCn1c2c(c(=O)n(CCC)c1=O)CC(c1cnn(Cc3ccccc3)c1)=N2. The van der Waals surface area contributed by atoms with Crippen molar-refractivity contribution in [1.29, 1.82) is 0 Å². The first kappa shape index (κ1) is 19.1. The summed E-state index contributed by atoms with van der Waals surface area (Å²) in [4.78, 5) is 30.4. The van der Waals surface area contributed by atoms with Crippen molar-refractivity contribution in [3.8, 4) is 0 Å². The molecule has 0 N–H and O–H groups in total. The first-order valence-electron chi connectivity index (χ1n) is 10.1. The molecule has 7 heteroatoms. The first-order valence-corrected chi connectivity index (χ1v) is 10.1. The Balaban J connectivity index is 1.69. The molecule has 0 spiro atoms. The Labute approximate surface area is 169 Å². The van der Waals surface area contributed by atoms with Crippen LogP contribution >= 0.6 is 0 Å². The number of nitrogens with zero attached hydrogens (tertiary/aromatic N) is 5. The van der Waals surface area contributed by atoms with Gasteiger partial charge in [0.05, 0.1) is 24.0 Å². The highest BCUT2D eigenvalue weighted by Gasteiger charge is 2.26. The average molecular weight is 391 g/mol. The number of fused-ring (bicyclic) bond motifs is 1. The van der Waals surface area contributed by atoms with Gasteiger partial charge in [0, 0.05) is 31.3 Å². The van der Waals surface area contributed by atoms with Crippen LogP contribution in [0.25, 0.3) is 0 Å². The molecule has 1 aliphatic rings. The number of aromatic nitrogens is 4. The van der Waals surface area contributed by atoms with Crippen LogP contribution in [0.5, 0.6) is 0 Å². The van der Waals surface area contributed by atoms with Gasteiger partial charge >= 0.3 is 5.69 Å². The van der Waals surface area contributed by atoms with Gasteiger partial charge in [-0.2, -0.15) is 5.10 Å². The molecule has 0 unspecified atom stereocenters. The maximum atomic E-state index is 12.9. The van der Waals surface area contributed by atoms with Gasteiger partial charge in [-0.05, 0) is 18.4 Å². The Morgan fingerprint density at radius 3 is 2.45 bits per heavy atom. The zero-order valence-corrected chi connectivity index (χ0v) is 16.8.